The van der Waals surface area contributed by atoms with Gasteiger partial charge in [-0.3, -0.25) is 0 Å². The molecule has 0 aliphatic carbocycles. The predicted molar refractivity (Wildman–Crippen MR) is 108 cm³/mol. The highest BCUT2D eigenvalue weighted by molar-refractivity contribution is 6.76. The Bertz CT molecular complexity index is 434. The predicted octanol–water partition coefficient (Wildman–Crippen LogP) is 5.64. The Morgan fingerprint density at radius 3 is 2.13 bits per heavy atom. The van der Waals surface area contributed by atoms with E-state index in [1.54, 1.807) is 0 Å². The lowest BCUT2D eigenvalue weighted by molar-refractivity contribution is 0.154. The van der Waals surface area contributed by atoms with Crippen molar-refractivity contribution in [1.82, 2.24) is 0 Å². The van der Waals surface area contributed by atoms with Crippen LogP contribution in [0.2, 0.25) is 43.8 Å². The molecular weight excluding hydrogens is 316 g/mol. The van der Waals surface area contributed by atoms with Gasteiger partial charge in [0.2, 0.25) is 8.32 Å². The minimum atomic E-state index is -1.81. The van der Waals surface area contributed by atoms with E-state index in [1.807, 2.05) is 13.2 Å². The van der Waals surface area contributed by atoms with Crippen molar-refractivity contribution in [1.29, 1.82) is 0 Å². The second-order valence-corrected chi connectivity index (χ2v) is 19.8. The summed E-state index contributed by atoms with van der Waals surface area (Å²) < 4.78 is 6.28. The Hall–Kier alpha value is -0.506. The fraction of sp³-hybridized carbons (Fsp3) is 0.789. The van der Waals surface area contributed by atoms with Crippen LogP contribution in [-0.2, 0) is 4.43 Å². The minimum absolute atomic E-state index is 0.111. The van der Waals surface area contributed by atoms with Crippen LogP contribution in [0, 0.1) is 18.3 Å². The Morgan fingerprint density at radius 2 is 1.74 bits per heavy atom. The molecule has 0 aromatic heterocycles. The molecular formula is C19H38O2Si2. The van der Waals surface area contributed by atoms with E-state index in [-0.39, 0.29) is 17.1 Å². The maximum atomic E-state index is 10.3. The lowest BCUT2D eigenvalue weighted by atomic mass is 10.00. The normalized spacial score (nSPS) is 16.7. The topological polar surface area (TPSA) is 29.5 Å². The van der Waals surface area contributed by atoms with Crippen molar-refractivity contribution in [3.8, 4) is 12.3 Å². The van der Waals surface area contributed by atoms with Gasteiger partial charge < -0.3 is 9.53 Å². The monoisotopic (exact) mass is 354 g/mol. The molecule has 0 aromatic rings. The van der Waals surface area contributed by atoms with Crippen LogP contribution < -0.4 is 0 Å². The zero-order chi connectivity index (χ0) is 18.5. The van der Waals surface area contributed by atoms with Crippen molar-refractivity contribution in [3.05, 3.63) is 11.8 Å². The fourth-order valence-corrected chi connectivity index (χ4v) is 4.52. The molecule has 0 aromatic carbocycles. The molecule has 2 atom stereocenters. The number of hydrogen-bond donors (Lipinski definition) is 1. The molecule has 0 bridgehead atoms. The molecule has 0 fully saturated rings. The van der Waals surface area contributed by atoms with Gasteiger partial charge in [-0.1, -0.05) is 47.3 Å². The molecule has 0 saturated heterocycles. The van der Waals surface area contributed by atoms with E-state index in [1.165, 1.54) is 5.57 Å². The molecule has 4 heteroatoms. The summed E-state index contributed by atoms with van der Waals surface area (Å²) in [6, 6.07) is 1.06. The zero-order valence-electron chi connectivity index (χ0n) is 16.8. The molecule has 0 aliphatic rings. The summed E-state index contributed by atoms with van der Waals surface area (Å²) in [4.78, 5) is 0. The Kier molecular flexibility index (Phi) is 8.36. The zero-order valence-corrected chi connectivity index (χ0v) is 18.8. The van der Waals surface area contributed by atoms with E-state index in [2.05, 4.69) is 59.4 Å². The maximum Gasteiger partial charge on any atom is 0.249 e. The first-order valence-electron chi connectivity index (χ1n) is 8.68. The maximum absolute atomic E-state index is 10.3. The summed E-state index contributed by atoms with van der Waals surface area (Å²) in [5.41, 5.74) is 1.24. The Labute approximate surface area is 146 Å². The summed E-state index contributed by atoms with van der Waals surface area (Å²) in [6.45, 7) is 20.3. The quantitative estimate of drug-likeness (QED) is 0.347. The molecule has 0 heterocycles. The molecule has 1 N–H and O–H groups in total. The highest BCUT2D eigenvalue weighted by Crippen LogP contribution is 2.37. The van der Waals surface area contributed by atoms with Crippen LogP contribution >= 0.6 is 0 Å². The molecule has 2 unspecified atom stereocenters. The molecule has 0 rings (SSSR count). The van der Waals surface area contributed by atoms with Gasteiger partial charge in [0.15, 0.2) is 0 Å². The first-order chi connectivity index (χ1) is 10.2. The lowest BCUT2D eigenvalue weighted by Crippen LogP contribution is -2.39. The fourth-order valence-electron chi connectivity index (χ4n) is 2.11. The van der Waals surface area contributed by atoms with Crippen LogP contribution in [0.25, 0.3) is 0 Å². The van der Waals surface area contributed by atoms with Crippen molar-refractivity contribution in [2.24, 2.45) is 5.92 Å². The third-order valence-corrected chi connectivity index (χ3v) is 10.3. The van der Waals surface area contributed by atoms with Crippen LogP contribution in [-0.4, -0.2) is 27.6 Å². The second-order valence-electron chi connectivity index (χ2n) is 9.55. The number of aliphatic hydroxyl groups excluding tert-OH is 1. The highest BCUT2D eigenvalue weighted by Gasteiger charge is 2.38. The summed E-state index contributed by atoms with van der Waals surface area (Å²) in [6.07, 6.45) is 8.34. The third-order valence-electron chi connectivity index (χ3n) is 4.49. The van der Waals surface area contributed by atoms with Gasteiger partial charge in [0, 0.05) is 14.0 Å². The number of terminal acetylenes is 1. The smallest absolute Gasteiger partial charge is 0.249 e. The average molecular weight is 355 g/mol. The molecule has 134 valence electrons. The number of aliphatic hydroxyl groups is 1. The van der Waals surface area contributed by atoms with Crippen molar-refractivity contribution in [2.75, 3.05) is 0 Å². The Balaban J connectivity index is 5.09. The van der Waals surface area contributed by atoms with Gasteiger partial charge >= 0.3 is 0 Å². The molecule has 23 heavy (non-hydrogen) atoms. The molecule has 0 amide bonds. The summed E-state index contributed by atoms with van der Waals surface area (Å²) >= 11 is 0. The summed E-state index contributed by atoms with van der Waals surface area (Å²) in [5.74, 6) is 2.81. The first-order valence-corrected chi connectivity index (χ1v) is 15.3. The van der Waals surface area contributed by atoms with Gasteiger partial charge in [0.05, 0.1) is 12.4 Å². The minimum Gasteiger partial charge on any atom is -0.549 e. The third kappa shape index (κ3) is 9.39. The molecule has 0 aliphatic heterocycles. The van der Waals surface area contributed by atoms with E-state index >= 15 is 0 Å². The van der Waals surface area contributed by atoms with E-state index < -0.39 is 16.4 Å². The van der Waals surface area contributed by atoms with Gasteiger partial charge in [-0.25, -0.2) is 0 Å². The van der Waals surface area contributed by atoms with Crippen LogP contribution in [0.15, 0.2) is 11.8 Å². The molecule has 0 saturated carbocycles. The van der Waals surface area contributed by atoms with Crippen molar-refractivity contribution in [3.63, 3.8) is 0 Å². The second kappa shape index (κ2) is 8.55. The average Bonchev–Trinajstić information content (AvgIpc) is 2.32. The van der Waals surface area contributed by atoms with Crippen molar-refractivity contribution in [2.45, 2.75) is 90.5 Å². The van der Waals surface area contributed by atoms with Crippen LogP contribution in [0.1, 0.15) is 40.5 Å². The van der Waals surface area contributed by atoms with Gasteiger partial charge in [-0.15, -0.1) is 12.3 Å². The SMILES string of the molecule is C#CC(C)CC(O)C/C(=C/O[Si](C)(C)C(C)(C)C)C[Si](C)(C)C. The molecule has 0 radical (unpaired) electrons. The number of hydrogen-bond acceptors (Lipinski definition) is 2. The van der Waals surface area contributed by atoms with Crippen LogP contribution in [0.5, 0.6) is 0 Å². The van der Waals surface area contributed by atoms with Gasteiger partial charge in [0.1, 0.15) is 0 Å². The van der Waals surface area contributed by atoms with Gasteiger partial charge in [-0.05, 0) is 42.6 Å². The van der Waals surface area contributed by atoms with Gasteiger partial charge in [0.25, 0.3) is 0 Å². The van der Waals surface area contributed by atoms with E-state index in [9.17, 15) is 5.11 Å². The summed E-state index contributed by atoms with van der Waals surface area (Å²) in [5, 5.41) is 10.5. The van der Waals surface area contributed by atoms with Crippen molar-refractivity contribution < 1.29 is 9.53 Å². The standard InChI is InChI=1S/C19H38O2Si2/c1-11-16(2)12-18(20)13-17(15-22(6,7)8)14-21-23(9,10)19(3,4)5/h1,14,16,18,20H,12-13,15H2,2-10H3/b17-14-. The largest absolute Gasteiger partial charge is 0.549 e. The Morgan fingerprint density at radius 1 is 1.22 bits per heavy atom. The lowest BCUT2D eigenvalue weighted by Gasteiger charge is -2.35. The molecule has 0 spiro atoms. The van der Waals surface area contributed by atoms with Crippen molar-refractivity contribution >= 4 is 16.4 Å². The highest BCUT2D eigenvalue weighted by atomic mass is 28.4. The number of rotatable bonds is 8. The first kappa shape index (κ1) is 22.5. The van der Waals surface area contributed by atoms with Crippen LogP contribution in [0.4, 0.5) is 0 Å². The van der Waals surface area contributed by atoms with E-state index in [4.69, 9.17) is 10.8 Å². The van der Waals surface area contributed by atoms with E-state index in [0.29, 0.717) is 12.8 Å². The van der Waals surface area contributed by atoms with E-state index in [0.717, 1.165) is 6.04 Å². The van der Waals surface area contributed by atoms with Crippen LogP contribution in [0.3, 0.4) is 0 Å². The summed E-state index contributed by atoms with van der Waals surface area (Å²) in [7, 11) is -3.07. The molecule has 2 nitrogen and oxygen atoms in total. The van der Waals surface area contributed by atoms with Gasteiger partial charge in [-0.2, -0.15) is 0 Å².